The summed E-state index contributed by atoms with van der Waals surface area (Å²) in [5.74, 6) is 1.15. The Morgan fingerprint density at radius 3 is 2.63 bits per heavy atom. The first-order valence-corrected chi connectivity index (χ1v) is 8.92. The van der Waals surface area contributed by atoms with Gasteiger partial charge >= 0.3 is 0 Å². The number of amides is 1. The van der Waals surface area contributed by atoms with Crippen molar-refractivity contribution in [1.82, 2.24) is 29.9 Å². The van der Waals surface area contributed by atoms with Gasteiger partial charge in [-0.05, 0) is 31.2 Å². The maximum absolute atomic E-state index is 12.7. The zero-order valence-corrected chi connectivity index (χ0v) is 15.0. The van der Waals surface area contributed by atoms with Gasteiger partial charge in [-0.15, -0.1) is 10.2 Å². The summed E-state index contributed by atoms with van der Waals surface area (Å²) in [4.78, 5) is 18.7. The molecule has 3 aromatic heterocycles. The first-order valence-electron chi connectivity index (χ1n) is 8.92. The Labute approximate surface area is 156 Å². The molecule has 0 spiro atoms. The molecule has 3 aromatic rings. The molecule has 0 radical (unpaired) electrons. The Kier molecular flexibility index (Phi) is 4.78. The van der Waals surface area contributed by atoms with Crippen LogP contribution in [0.1, 0.15) is 28.9 Å². The number of hydrogen-bond donors (Lipinski definition) is 0. The van der Waals surface area contributed by atoms with Gasteiger partial charge in [-0.25, -0.2) is 4.68 Å². The predicted octanol–water partition coefficient (Wildman–Crippen LogP) is 2.05. The summed E-state index contributed by atoms with van der Waals surface area (Å²) in [5.41, 5.74) is 1.42. The minimum atomic E-state index is 0.0221. The maximum atomic E-state index is 12.7. The largest absolute Gasteiger partial charge is 0.473 e. The average Bonchev–Trinajstić information content (AvgIpc) is 3.24. The lowest BCUT2D eigenvalue weighted by Crippen LogP contribution is -2.42. The number of carbonyl (C=O) groups excluding carboxylic acids is 1. The molecule has 0 aliphatic carbocycles. The number of likely N-dealkylation sites (tertiary alicyclic amines) is 1. The van der Waals surface area contributed by atoms with Crippen LogP contribution in [-0.2, 0) is 0 Å². The number of hydrogen-bond acceptors (Lipinski definition) is 6. The standard InChI is InChI=1S/C19H20N6O2/c1-14-16(4-2-9-20-14)19(26)24-12-7-15(8-13-24)27-18-6-5-17(22-23-18)25-11-3-10-21-25/h2-6,9-11,15H,7-8,12-13H2,1H3. The van der Waals surface area contributed by atoms with Crippen molar-refractivity contribution in [3.05, 3.63) is 60.2 Å². The molecule has 27 heavy (non-hydrogen) atoms. The molecule has 8 heteroatoms. The van der Waals surface area contributed by atoms with Crippen LogP contribution in [0.5, 0.6) is 5.88 Å². The molecule has 0 saturated carbocycles. The lowest BCUT2D eigenvalue weighted by Gasteiger charge is -2.32. The molecular formula is C19H20N6O2. The smallest absolute Gasteiger partial charge is 0.255 e. The fourth-order valence-electron chi connectivity index (χ4n) is 3.13. The second-order valence-corrected chi connectivity index (χ2v) is 6.43. The fourth-order valence-corrected chi connectivity index (χ4v) is 3.13. The normalized spacial score (nSPS) is 14.9. The van der Waals surface area contributed by atoms with Crippen LogP contribution in [0.3, 0.4) is 0 Å². The van der Waals surface area contributed by atoms with E-state index in [0.29, 0.717) is 30.4 Å². The number of aryl methyl sites for hydroxylation is 1. The topological polar surface area (TPSA) is 86.0 Å². The highest BCUT2D eigenvalue weighted by atomic mass is 16.5. The van der Waals surface area contributed by atoms with Gasteiger partial charge in [0.05, 0.1) is 5.56 Å². The Balaban J connectivity index is 1.33. The molecule has 1 aliphatic heterocycles. The van der Waals surface area contributed by atoms with Crippen molar-refractivity contribution < 1.29 is 9.53 Å². The van der Waals surface area contributed by atoms with Crippen LogP contribution >= 0.6 is 0 Å². The van der Waals surface area contributed by atoms with E-state index in [2.05, 4.69) is 20.3 Å². The molecule has 1 saturated heterocycles. The summed E-state index contributed by atoms with van der Waals surface area (Å²) in [7, 11) is 0. The number of pyridine rings is 1. The zero-order chi connectivity index (χ0) is 18.6. The number of aromatic nitrogens is 5. The highest BCUT2D eigenvalue weighted by Crippen LogP contribution is 2.19. The molecule has 0 bridgehead atoms. The van der Waals surface area contributed by atoms with E-state index in [9.17, 15) is 4.79 Å². The van der Waals surface area contributed by atoms with Crippen molar-refractivity contribution in [3.8, 4) is 11.7 Å². The van der Waals surface area contributed by atoms with E-state index in [1.807, 2.05) is 30.0 Å². The number of rotatable bonds is 4. The first kappa shape index (κ1) is 17.1. The molecule has 0 N–H and O–H groups in total. The summed E-state index contributed by atoms with van der Waals surface area (Å²) in [6, 6.07) is 9.06. The minimum Gasteiger partial charge on any atom is -0.473 e. The highest BCUT2D eigenvalue weighted by molar-refractivity contribution is 5.95. The van der Waals surface area contributed by atoms with Crippen molar-refractivity contribution in [2.45, 2.75) is 25.9 Å². The summed E-state index contributed by atoms with van der Waals surface area (Å²) in [6.07, 6.45) is 6.73. The second kappa shape index (κ2) is 7.53. The van der Waals surface area contributed by atoms with Gasteiger partial charge in [-0.1, -0.05) is 0 Å². The van der Waals surface area contributed by atoms with Gasteiger partial charge in [-0.3, -0.25) is 9.78 Å². The van der Waals surface area contributed by atoms with E-state index in [0.717, 1.165) is 18.5 Å². The Morgan fingerprint density at radius 1 is 1.11 bits per heavy atom. The molecule has 1 fully saturated rings. The van der Waals surface area contributed by atoms with E-state index in [-0.39, 0.29) is 12.0 Å². The van der Waals surface area contributed by atoms with Gasteiger partial charge in [-0.2, -0.15) is 5.10 Å². The van der Waals surface area contributed by atoms with Crippen molar-refractivity contribution in [3.63, 3.8) is 0 Å². The van der Waals surface area contributed by atoms with Crippen LogP contribution in [-0.4, -0.2) is 55.0 Å². The van der Waals surface area contributed by atoms with Crippen LogP contribution in [0, 0.1) is 6.92 Å². The minimum absolute atomic E-state index is 0.0221. The van der Waals surface area contributed by atoms with Crippen LogP contribution in [0.4, 0.5) is 0 Å². The molecule has 1 aliphatic rings. The lowest BCUT2D eigenvalue weighted by atomic mass is 10.1. The van der Waals surface area contributed by atoms with Crippen molar-refractivity contribution in [2.75, 3.05) is 13.1 Å². The molecule has 138 valence electrons. The van der Waals surface area contributed by atoms with Crippen LogP contribution in [0.15, 0.2) is 48.9 Å². The van der Waals surface area contributed by atoms with Crippen LogP contribution in [0.25, 0.3) is 5.82 Å². The van der Waals surface area contributed by atoms with Crippen LogP contribution < -0.4 is 4.74 Å². The van der Waals surface area contributed by atoms with E-state index >= 15 is 0 Å². The van der Waals surface area contributed by atoms with E-state index in [1.165, 1.54) is 0 Å². The molecule has 4 rings (SSSR count). The Hall–Kier alpha value is -3.29. The number of carbonyl (C=O) groups is 1. The van der Waals surface area contributed by atoms with Crippen molar-refractivity contribution in [1.29, 1.82) is 0 Å². The van der Waals surface area contributed by atoms with Crippen molar-refractivity contribution >= 4 is 5.91 Å². The summed E-state index contributed by atoms with van der Waals surface area (Å²) >= 11 is 0. The number of piperidine rings is 1. The van der Waals surface area contributed by atoms with Gasteiger partial charge in [0.25, 0.3) is 5.91 Å². The first-order chi connectivity index (χ1) is 13.2. The van der Waals surface area contributed by atoms with Gasteiger partial charge in [0.15, 0.2) is 5.82 Å². The molecule has 1 amide bonds. The van der Waals surface area contributed by atoms with Crippen molar-refractivity contribution in [2.24, 2.45) is 0 Å². The number of ether oxygens (including phenoxy) is 1. The van der Waals surface area contributed by atoms with Crippen LogP contribution in [0.2, 0.25) is 0 Å². The Morgan fingerprint density at radius 2 is 1.96 bits per heavy atom. The summed E-state index contributed by atoms with van der Waals surface area (Å²) < 4.78 is 7.57. The quantitative estimate of drug-likeness (QED) is 0.704. The van der Waals surface area contributed by atoms with E-state index in [4.69, 9.17) is 4.74 Å². The molecule has 0 unspecified atom stereocenters. The molecule has 0 aromatic carbocycles. The third-order valence-electron chi connectivity index (χ3n) is 4.62. The van der Waals surface area contributed by atoms with E-state index < -0.39 is 0 Å². The maximum Gasteiger partial charge on any atom is 0.255 e. The molecule has 4 heterocycles. The van der Waals surface area contributed by atoms with E-state index in [1.54, 1.807) is 35.4 Å². The van der Waals surface area contributed by atoms with Gasteiger partial charge in [0.1, 0.15) is 6.10 Å². The molecule has 0 atom stereocenters. The predicted molar refractivity (Wildman–Crippen MR) is 97.7 cm³/mol. The third kappa shape index (κ3) is 3.79. The molecular weight excluding hydrogens is 344 g/mol. The average molecular weight is 364 g/mol. The summed E-state index contributed by atoms with van der Waals surface area (Å²) in [6.45, 7) is 3.15. The SMILES string of the molecule is Cc1ncccc1C(=O)N1CCC(Oc2ccc(-n3cccn3)nn2)CC1. The van der Waals surface area contributed by atoms with Gasteiger partial charge < -0.3 is 9.64 Å². The Bertz CT molecular complexity index is 902. The van der Waals surface area contributed by atoms with Gasteiger partial charge in [0.2, 0.25) is 5.88 Å². The molecule has 8 nitrogen and oxygen atoms in total. The second-order valence-electron chi connectivity index (χ2n) is 6.43. The highest BCUT2D eigenvalue weighted by Gasteiger charge is 2.26. The summed E-state index contributed by atoms with van der Waals surface area (Å²) in [5, 5.41) is 12.4. The number of nitrogens with zero attached hydrogens (tertiary/aromatic N) is 6. The zero-order valence-electron chi connectivity index (χ0n) is 15.0. The third-order valence-corrected chi connectivity index (χ3v) is 4.62. The monoisotopic (exact) mass is 364 g/mol. The lowest BCUT2D eigenvalue weighted by molar-refractivity contribution is 0.0585. The fraction of sp³-hybridized carbons (Fsp3) is 0.316. The van der Waals surface area contributed by atoms with Gasteiger partial charge in [0, 0.05) is 56.3 Å².